The predicted molar refractivity (Wildman–Crippen MR) is 148 cm³/mol. The molecule has 2 aromatic carbocycles. The fraction of sp³-hybridized carbons (Fsp3) is 0.500. The molecule has 0 saturated heterocycles. The first-order chi connectivity index (χ1) is 18.1. The quantitative estimate of drug-likeness (QED) is 0.437. The molecular formula is C28H39N3O6S. The number of sulfonamides is 1. The number of carbonyl (C=O) groups is 2. The summed E-state index contributed by atoms with van der Waals surface area (Å²) in [5, 5.41) is 3.11. The van der Waals surface area contributed by atoms with Crippen LogP contribution in [0.1, 0.15) is 50.2 Å². The van der Waals surface area contributed by atoms with E-state index in [9.17, 15) is 18.0 Å². The van der Waals surface area contributed by atoms with Crippen molar-refractivity contribution in [3.05, 3.63) is 53.6 Å². The largest absolute Gasteiger partial charge is 0.493 e. The van der Waals surface area contributed by atoms with Gasteiger partial charge in [0.15, 0.2) is 11.5 Å². The Bertz CT molecular complexity index is 1230. The molecule has 2 amide bonds. The fourth-order valence-corrected chi connectivity index (χ4v) is 5.69. The Kier molecular flexibility index (Phi) is 10.0. The number of amides is 2. The first kappa shape index (κ1) is 29.3. The first-order valence-electron chi connectivity index (χ1n) is 12.9. The van der Waals surface area contributed by atoms with E-state index in [1.54, 1.807) is 12.1 Å². The lowest BCUT2D eigenvalue weighted by Crippen LogP contribution is -2.53. The van der Waals surface area contributed by atoms with E-state index in [1.807, 2.05) is 38.1 Å². The summed E-state index contributed by atoms with van der Waals surface area (Å²) < 4.78 is 37.4. The van der Waals surface area contributed by atoms with E-state index in [2.05, 4.69) is 5.32 Å². The van der Waals surface area contributed by atoms with Crippen molar-refractivity contribution in [1.82, 2.24) is 10.2 Å². The summed E-state index contributed by atoms with van der Waals surface area (Å²) in [5.74, 6) is 0.0947. The molecule has 0 heterocycles. The number of hydrogen-bond acceptors (Lipinski definition) is 6. The molecule has 1 aliphatic rings. The topological polar surface area (TPSA) is 105 Å². The van der Waals surface area contributed by atoms with E-state index in [4.69, 9.17) is 9.47 Å². The molecule has 10 heteroatoms. The van der Waals surface area contributed by atoms with Crippen molar-refractivity contribution in [2.45, 2.75) is 64.6 Å². The van der Waals surface area contributed by atoms with Crippen LogP contribution >= 0.6 is 0 Å². The zero-order valence-corrected chi connectivity index (χ0v) is 23.7. The van der Waals surface area contributed by atoms with Gasteiger partial charge in [0.25, 0.3) is 0 Å². The second kappa shape index (κ2) is 13.0. The second-order valence-corrected chi connectivity index (χ2v) is 11.6. The summed E-state index contributed by atoms with van der Waals surface area (Å²) in [6.07, 6.45) is 5.44. The number of carbonyl (C=O) groups excluding carboxylic acids is 2. The Morgan fingerprint density at radius 2 is 1.71 bits per heavy atom. The van der Waals surface area contributed by atoms with E-state index in [0.29, 0.717) is 17.9 Å². The van der Waals surface area contributed by atoms with Gasteiger partial charge < -0.3 is 19.7 Å². The minimum absolute atomic E-state index is 0.103. The SMILES string of the molecule is CC[C@H](C(=O)NC1CCCC1)N(Cc1ccccc1C)C(=O)CN(c1ccc(OC)c(OC)c1)S(C)(=O)=O. The molecule has 208 valence electrons. The Morgan fingerprint density at radius 1 is 1.05 bits per heavy atom. The summed E-state index contributed by atoms with van der Waals surface area (Å²) in [6, 6.07) is 11.7. The van der Waals surface area contributed by atoms with E-state index in [0.717, 1.165) is 47.4 Å². The number of benzene rings is 2. The molecule has 3 rings (SSSR count). The maximum absolute atomic E-state index is 13.9. The molecule has 0 radical (unpaired) electrons. The van der Waals surface area contributed by atoms with Crippen molar-refractivity contribution >= 4 is 27.5 Å². The number of ether oxygens (including phenoxy) is 2. The van der Waals surface area contributed by atoms with Gasteiger partial charge in [-0.25, -0.2) is 8.42 Å². The van der Waals surface area contributed by atoms with E-state index >= 15 is 0 Å². The van der Waals surface area contributed by atoms with Crippen LogP contribution in [0, 0.1) is 6.92 Å². The van der Waals surface area contributed by atoms with Crippen LogP contribution in [0.15, 0.2) is 42.5 Å². The lowest BCUT2D eigenvalue weighted by molar-refractivity contribution is -0.140. The van der Waals surface area contributed by atoms with Crippen LogP contribution in [0.2, 0.25) is 0 Å². The minimum atomic E-state index is -3.85. The third kappa shape index (κ3) is 7.18. The third-order valence-electron chi connectivity index (χ3n) is 7.02. The van der Waals surface area contributed by atoms with Crippen LogP contribution in [-0.2, 0) is 26.2 Å². The first-order valence-corrected chi connectivity index (χ1v) is 14.8. The van der Waals surface area contributed by atoms with Crippen LogP contribution in [0.3, 0.4) is 0 Å². The smallest absolute Gasteiger partial charge is 0.244 e. The number of nitrogens with zero attached hydrogens (tertiary/aromatic N) is 2. The summed E-state index contributed by atoms with van der Waals surface area (Å²) in [6.45, 7) is 3.53. The van der Waals surface area contributed by atoms with Crippen LogP contribution in [-0.4, -0.2) is 64.2 Å². The molecular weight excluding hydrogens is 506 g/mol. The minimum Gasteiger partial charge on any atom is -0.493 e. The molecule has 0 aliphatic heterocycles. The van der Waals surface area contributed by atoms with Gasteiger partial charge in [0.05, 0.1) is 26.2 Å². The van der Waals surface area contributed by atoms with Crippen molar-refractivity contribution in [1.29, 1.82) is 0 Å². The van der Waals surface area contributed by atoms with Crippen LogP contribution < -0.4 is 19.1 Å². The zero-order chi connectivity index (χ0) is 27.9. The van der Waals surface area contributed by atoms with E-state index in [-0.39, 0.29) is 24.2 Å². The average molecular weight is 546 g/mol. The number of aryl methyl sites for hydroxylation is 1. The van der Waals surface area contributed by atoms with Crippen molar-refractivity contribution in [3.8, 4) is 11.5 Å². The lowest BCUT2D eigenvalue weighted by atomic mass is 10.1. The predicted octanol–water partition coefficient (Wildman–Crippen LogP) is 3.64. The second-order valence-electron chi connectivity index (χ2n) is 9.67. The molecule has 0 unspecified atom stereocenters. The standard InChI is InChI=1S/C28H39N3O6S/c1-6-24(28(33)29-22-13-9-10-14-22)30(18-21-12-8-7-11-20(21)2)27(32)19-31(38(5,34)35)23-15-16-25(36-3)26(17-23)37-4/h7-8,11-12,15-17,22,24H,6,9-10,13-14,18-19H2,1-5H3,(H,29,33)/t24-/m1/s1. The number of methoxy groups -OCH3 is 2. The highest BCUT2D eigenvalue weighted by Crippen LogP contribution is 2.32. The molecule has 9 nitrogen and oxygen atoms in total. The molecule has 1 atom stereocenters. The average Bonchev–Trinajstić information content (AvgIpc) is 3.40. The maximum atomic E-state index is 13.9. The van der Waals surface area contributed by atoms with Gasteiger partial charge in [-0.1, -0.05) is 44.0 Å². The van der Waals surface area contributed by atoms with Gasteiger partial charge in [-0.3, -0.25) is 13.9 Å². The highest BCUT2D eigenvalue weighted by molar-refractivity contribution is 7.92. The molecule has 0 spiro atoms. The highest BCUT2D eigenvalue weighted by atomic mass is 32.2. The summed E-state index contributed by atoms with van der Waals surface area (Å²) >= 11 is 0. The number of hydrogen-bond donors (Lipinski definition) is 1. The summed E-state index contributed by atoms with van der Waals surface area (Å²) in [7, 11) is -0.913. The number of rotatable bonds is 12. The van der Waals surface area contributed by atoms with Gasteiger partial charge in [-0.2, -0.15) is 0 Å². The number of nitrogens with one attached hydrogen (secondary N) is 1. The lowest BCUT2D eigenvalue weighted by Gasteiger charge is -2.33. The molecule has 1 fully saturated rings. The summed E-state index contributed by atoms with van der Waals surface area (Å²) in [5.41, 5.74) is 2.14. The van der Waals surface area contributed by atoms with Crippen LogP contribution in [0.5, 0.6) is 11.5 Å². The van der Waals surface area contributed by atoms with Crippen molar-refractivity contribution in [2.75, 3.05) is 31.3 Å². The van der Waals surface area contributed by atoms with Gasteiger partial charge in [-0.15, -0.1) is 0 Å². The Labute approximate surface area is 226 Å². The van der Waals surface area contributed by atoms with Gasteiger partial charge >= 0.3 is 0 Å². The zero-order valence-electron chi connectivity index (χ0n) is 22.9. The van der Waals surface area contributed by atoms with Crippen LogP contribution in [0.4, 0.5) is 5.69 Å². The third-order valence-corrected chi connectivity index (χ3v) is 8.16. The summed E-state index contributed by atoms with van der Waals surface area (Å²) in [4.78, 5) is 28.8. The van der Waals surface area contributed by atoms with Crippen molar-refractivity contribution in [2.24, 2.45) is 0 Å². The molecule has 1 saturated carbocycles. The molecule has 0 aromatic heterocycles. The molecule has 38 heavy (non-hydrogen) atoms. The maximum Gasteiger partial charge on any atom is 0.244 e. The van der Waals surface area contributed by atoms with Crippen molar-refractivity contribution < 1.29 is 27.5 Å². The van der Waals surface area contributed by atoms with Gasteiger partial charge in [0, 0.05) is 18.7 Å². The molecule has 1 N–H and O–H groups in total. The van der Waals surface area contributed by atoms with Gasteiger partial charge in [0.2, 0.25) is 21.8 Å². The number of anilines is 1. The molecule has 2 aromatic rings. The highest BCUT2D eigenvalue weighted by Gasteiger charge is 2.33. The molecule has 1 aliphatic carbocycles. The van der Waals surface area contributed by atoms with E-state index in [1.165, 1.54) is 25.2 Å². The Hall–Kier alpha value is -3.27. The normalized spacial score (nSPS) is 14.6. The fourth-order valence-electron chi connectivity index (χ4n) is 4.85. The van der Waals surface area contributed by atoms with Gasteiger partial charge in [0.1, 0.15) is 12.6 Å². The molecule has 0 bridgehead atoms. The van der Waals surface area contributed by atoms with E-state index < -0.39 is 28.5 Å². The van der Waals surface area contributed by atoms with Crippen LogP contribution in [0.25, 0.3) is 0 Å². The Balaban J connectivity index is 1.96. The van der Waals surface area contributed by atoms with Crippen molar-refractivity contribution in [3.63, 3.8) is 0 Å². The Morgan fingerprint density at radius 3 is 2.29 bits per heavy atom. The van der Waals surface area contributed by atoms with Gasteiger partial charge in [-0.05, 0) is 49.4 Å². The monoisotopic (exact) mass is 545 g/mol.